The Kier molecular flexibility index (Phi) is 6.49. The van der Waals surface area contributed by atoms with Crippen LogP contribution in [-0.4, -0.2) is 11.7 Å². The average molecular weight is 400 g/mol. The largest absolute Gasteiger partial charge is 0.494 e. The lowest BCUT2D eigenvalue weighted by molar-refractivity contribution is 0.340. The molecule has 2 N–H and O–H groups in total. The summed E-state index contributed by atoms with van der Waals surface area (Å²) in [4.78, 5) is 0. The van der Waals surface area contributed by atoms with Crippen molar-refractivity contribution in [3.63, 3.8) is 0 Å². The van der Waals surface area contributed by atoms with E-state index in [1.807, 2.05) is 49.4 Å². The molecule has 0 saturated heterocycles. The molecule has 0 aliphatic heterocycles. The van der Waals surface area contributed by atoms with Crippen LogP contribution in [0.5, 0.6) is 5.75 Å². The Labute approximate surface area is 149 Å². The number of hydrogen-bond acceptors (Lipinski definition) is 2. The minimum Gasteiger partial charge on any atom is -0.494 e. The summed E-state index contributed by atoms with van der Waals surface area (Å²) in [5.41, 5.74) is 1.97. The van der Waals surface area contributed by atoms with E-state index in [9.17, 15) is 0 Å². The highest BCUT2D eigenvalue weighted by Gasteiger charge is 2.02. The van der Waals surface area contributed by atoms with Crippen molar-refractivity contribution in [1.29, 1.82) is 0 Å². The van der Waals surface area contributed by atoms with Gasteiger partial charge in [0.1, 0.15) is 5.75 Å². The van der Waals surface area contributed by atoms with Crippen LogP contribution in [0.3, 0.4) is 0 Å². The number of nitrogens with one attached hydrogen (secondary N) is 2. The first-order valence-electron chi connectivity index (χ1n) is 6.80. The number of benzene rings is 2. The van der Waals surface area contributed by atoms with Crippen LogP contribution < -0.4 is 15.4 Å². The molecule has 2 aromatic rings. The van der Waals surface area contributed by atoms with Gasteiger partial charge in [-0.25, -0.2) is 0 Å². The molecule has 0 aliphatic rings. The van der Waals surface area contributed by atoms with Crippen LogP contribution in [0.1, 0.15) is 12.5 Å². The first-order chi connectivity index (χ1) is 10.6. The fraction of sp³-hybridized carbons (Fsp3) is 0.188. The van der Waals surface area contributed by atoms with Crippen LogP contribution >= 0.6 is 39.7 Å². The summed E-state index contributed by atoms with van der Waals surface area (Å²) in [5.74, 6) is 0.872. The molecule has 22 heavy (non-hydrogen) atoms. The average Bonchev–Trinajstić information content (AvgIpc) is 2.51. The molecule has 0 saturated carbocycles. The second kappa shape index (κ2) is 8.36. The van der Waals surface area contributed by atoms with E-state index in [0.29, 0.717) is 23.3 Å². The number of halogens is 2. The molecular formula is C16H16BrClN2OS. The standard InChI is InChI=1S/C16H16BrClN2OS/c1-2-21-13-6-3-11(4-7-13)10-19-16(22)20-12-5-8-14(17)15(18)9-12/h3-9H,2,10H2,1H3,(H2,19,20,22). The van der Waals surface area contributed by atoms with Crippen LogP contribution in [0.4, 0.5) is 5.69 Å². The lowest BCUT2D eigenvalue weighted by atomic mass is 10.2. The molecule has 0 aliphatic carbocycles. The molecule has 0 fully saturated rings. The van der Waals surface area contributed by atoms with Crippen molar-refractivity contribution in [3.05, 3.63) is 57.5 Å². The molecule has 3 nitrogen and oxygen atoms in total. The third kappa shape index (κ3) is 5.16. The Morgan fingerprint density at radius 3 is 2.59 bits per heavy atom. The highest BCUT2D eigenvalue weighted by atomic mass is 79.9. The summed E-state index contributed by atoms with van der Waals surface area (Å²) in [6, 6.07) is 13.5. The SMILES string of the molecule is CCOc1ccc(CNC(=S)Nc2ccc(Br)c(Cl)c2)cc1. The summed E-state index contributed by atoms with van der Waals surface area (Å²) in [5, 5.41) is 7.45. The van der Waals surface area contributed by atoms with Gasteiger partial charge in [0.05, 0.1) is 11.6 Å². The Hall–Kier alpha value is -1.30. The quantitative estimate of drug-likeness (QED) is 0.694. The third-order valence-corrected chi connectivity index (χ3v) is 4.34. The molecule has 0 atom stereocenters. The van der Waals surface area contributed by atoms with Crippen LogP contribution in [0.15, 0.2) is 46.9 Å². The van der Waals surface area contributed by atoms with E-state index in [2.05, 4.69) is 26.6 Å². The molecule has 6 heteroatoms. The number of rotatable bonds is 5. The van der Waals surface area contributed by atoms with Crippen molar-refractivity contribution in [2.45, 2.75) is 13.5 Å². The fourth-order valence-electron chi connectivity index (χ4n) is 1.80. The van der Waals surface area contributed by atoms with Gasteiger partial charge in [0.25, 0.3) is 0 Å². The number of anilines is 1. The predicted molar refractivity (Wildman–Crippen MR) is 99.8 cm³/mol. The molecule has 0 aromatic heterocycles. The van der Waals surface area contributed by atoms with Crippen molar-refractivity contribution >= 4 is 50.5 Å². The molecule has 0 unspecified atom stereocenters. The molecule has 0 amide bonds. The molecule has 0 radical (unpaired) electrons. The summed E-state index contributed by atoms with van der Waals surface area (Å²) < 4.78 is 6.27. The van der Waals surface area contributed by atoms with E-state index >= 15 is 0 Å². The first-order valence-corrected chi connectivity index (χ1v) is 8.38. The Balaban J connectivity index is 1.85. The van der Waals surface area contributed by atoms with Gasteiger partial charge in [-0.3, -0.25) is 0 Å². The lowest BCUT2D eigenvalue weighted by Crippen LogP contribution is -2.27. The zero-order chi connectivity index (χ0) is 15.9. The Bertz CT molecular complexity index is 649. The van der Waals surface area contributed by atoms with Gasteiger partial charge in [0, 0.05) is 16.7 Å². The van der Waals surface area contributed by atoms with Gasteiger partial charge in [-0.05, 0) is 71.0 Å². The van der Waals surface area contributed by atoms with Gasteiger partial charge in [-0.15, -0.1) is 0 Å². The zero-order valence-electron chi connectivity index (χ0n) is 12.0. The molecule has 116 valence electrons. The maximum atomic E-state index is 6.05. The van der Waals surface area contributed by atoms with Crippen LogP contribution in [0, 0.1) is 0 Å². The molecule has 2 rings (SSSR count). The van der Waals surface area contributed by atoms with E-state index in [-0.39, 0.29) is 0 Å². The van der Waals surface area contributed by atoms with Crippen LogP contribution in [-0.2, 0) is 6.54 Å². The van der Waals surface area contributed by atoms with E-state index in [1.54, 1.807) is 0 Å². The monoisotopic (exact) mass is 398 g/mol. The van der Waals surface area contributed by atoms with E-state index in [0.717, 1.165) is 21.5 Å². The number of ether oxygens (including phenoxy) is 1. The highest BCUT2D eigenvalue weighted by Crippen LogP contribution is 2.25. The maximum absolute atomic E-state index is 6.05. The van der Waals surface area contributed by atoms with Crippen LogP contribution in [0.2, 0.25) is 5.02 Å². The Morgan fingerprint density at radius 2 is 1.95 bits per heavy atom. The predicted octanol–water partition coefficient (Wildman–Crippen LogP) is 4.99. The minimum absolute atomic E-state index is 0.548. The zero-order valence-corrected chi connectivity index (χ0v) is 15.2. The lowest BCUT2D eigenvalue weighted by Gasteiger charge is -2.11. The topological polar surface area (TPSA) is 33.3 Å². The molecule has 0 heterocycles. The van der Waals surface area contributed by atoms with E-state index in [4.69, 9.17) is 28.6 Å². The second-order valence-electron chi connectivity index (χ2n) is 4.51. The van der Waals surface area contributed by atoms with Crippen LogP contribution in [0.25, 0.3) is 0 Å². The van der Waals surface area contributed by atoms with Gasteiger partial charge in [-0.1, -0.05) is 23.7 Å². The number of thiocarbonyl (C=S) groups is 1. The van der Waals surface area contributed by atoms with Crippen molar-refractivity contribution in [2.75, 3.05) is 11.9 Å². The number of hydrogen-bond donors (Lipinski definition) is 2. The van der Waals surface area contributed by atoms with Gasteiger partial charge in [0.2, 0.25) is 0 Å². The van der Waals surface area contributed by atoms with Gasteiger partial charge in [-0.2, -0.15) is 0 Å². The molecule has 0 spiro atoms. The third-order valence-electron chi connectivity index (χ3n) is 2.86. The normalized spacial score (nSPS) is 10.1. The fourth-order valence-corrected chi connectivity index (χ4v) is 2.42. The van der Waals surface area contributed by atoms with Crippen molar-refractivity contribution < 1.29 is 4.74 Å². The first kappa shape index (κ1) is 17.1. The van der Waals surface area contributed by atoms with Gasteiger partial charge >= 0.3 is 0 Å². The van der Waals surface area contributed by atoms with Crippen molar-refractivity contribution in [2.24, 2.45) is 0 Å². The summed E-state index contributed by atoms with van der Waals surface area (Å²) in [6.45, 7) is 3.28. The summed E-state index contributed by atoms with van der Waals surface area (Å²) >= 11 is 14.7. The van der Waals surface area contributed by atoms with Crippen molar-refractivity contribution in [3.8, 4) is 5.75 Å². The van der Waals surface area contributed by atoms with E-state index < -0.39 is 0 Å². The second-order valence-corrected chi connectivity index (χ2v) is 6.18. The van der Waals surface area contributed by atoms with Crippen molar-refractivity contribution in [1.82, 2.24) is 5.32 Å². The van der Waals surface area contributed by atoms with Gasteiger partial charge < -0.3 is 15.4 Å². The van der Waals surface area contributed by atoms with E-state index in [1.165, 1.54) is 0 Å². The van der Waals surface area contributed by atoms with Gasteiger partial charge in [0.15, 0.2) is 5.11 Å². The Morgan fingerprint density at radius 1 is 1.23 bits per heavy atom. The highest BCUT2D eigenvalue weighted by molar-refractivity contribution is 9.10. The molecule has 2 aromatic carbocycles. The molecule has 0 bridgehead atoms. The smallest absolute Gasteiger partial charge is 0.171 e. The summed E-state index contributed by atoms with van der Waals surface area (Å²) in [7, 11) is 0. The minimum atomic E-state index is 0.548. The summed E-state index contributed by atoms with van der Waals surface area (Å²) in [6.07, 6.45) is 0. The maximum Gasteiger partial charge on any atom is 0.171 e. The molecular weight excluding hydrogens is 384 g/mol.